The first-order valence-electron chi connectivity index (χ1n) is 3.26. The maximum absolute atomic E-state index is 9.25. The Morgan fingerprint density at radius 2 is 2.40 bits per heavy atom. The van der Waals surface area contributed by atoms with E-state index in [4.69, 9.17) is 9.84 Å². The fraction of sp³-hybridized carbons (Fsp3) is 1.00. The van der Waals surface area contributed by atoms with Crippen molar-refractivity contribution in [1.82, 2.24) is 0 Å². The lowest BCUT2D eigenvalue weighted by atomic mass is 10.1. The number of hydrogen-bond donors (Lipinski definition) is 2. The van der Waals surface area contributed by atoms with Gasteiger partial charge in [0.05, 0.1) is 19.1 Å². The first kappa shape index (κ1) is 7.94. The molecule has 0 saturated carbocycles. The van der Waals surface area contributed by atoms with Crippen LogP contribution in [0.4, 0.5) is 0 Å². The van der Waals surface area contributed by atoms with E-state index in [-0.39, 0.29) is 6.42 Å². The molecule has 2 N–H and O–H groups in total. The van der Waals surface area contributed by atoms with Gasteiger partial charge in [-0.3, -0.25) is 0 Å². The molecule has 0 radical (unpaired) electrons. The predicted octanol–water partition coefficient (Wildman–Crippen LogP) is -0.550. The molecule has 1 heterocycles. The zero-order valence-corrected chi connectivity index (χ0v) is 5.91. The number of aliphatic hydroxyl groups is 2. The van der Waals surface area contributed by atoms with E-state index >= 15 is 0 Å². The Labute approximate surface area is 59.4 Å². The van der Waals surface area contributed by atoms with Crippen molar-refractivity contribution >= 4 is 0 Å². The Morgan fingerprint density at radius 3 is 2.80 bits per heavy atom. The number of methoxy groups -OCH3 is 1. The molecule has 60 valence electrons. The second kappa shape index (κ2) is 2.84. The fourth-order valence-electron chi connectivity index (χ4n) is 0.955. The molecule has 0 aliphatic carbocycles. The lowest BCUT2D eigenvalue weighted by molar-refractivity contribution is -0.374. The maximum Gasteiger partial charge on any atom is 0.282 e. The molecular formula is C6H12O4. The van der Waals surface area contributed by atoms with Crippen molar-refractivity contribution in [1.29, 1.82) is 0 Å². The minimum Gasteiger partial charge on any atom is -0.393 e. The van der Waals surface area contributed by atoms with Gasteiger partial charge in [-0.05, 0) is 6.42 Å². The quantitative estimate of drug-likeness (QED) is 0.490. The van der Waals surface area contributed by atoms with E-state index in [1.54, 1.807) is 0 Å². The van der Waals surface area contributed by atoms with Crippen molar-refractivity contribution in [3.05, 3.63) is 0 Å². The molecular weight excluding hydrogens is 136 g/mol. The van der Waals surface area contributed by atoms with Gasteiger partial charge in [0.25, 0.3) is 5.97 Å². The van der Waals surface area contributed by atoms with Gasteiger partial charge in [0, 0.05) is 7.11 Å². The average molecular weight is 148 g/mol. The number of ether oxygens (including phenoxy) is 2. The van der Waals surface area contributed by atoms with Crippen LogP contribution in [-0.2, 0) is 9.47 Å². The highest BCUT2D eigenvalue weighted by atomic mass is 16.8. The fourth-order valence-corrected chi connectivity index (χ4v) is 0.955. The largest absolute Gasteiger partial charge is 0.393 e. The van der Waals surface area contributed by atoms with Crippen LogP contribution >= 0.6 is 0 Å². The van der Waals surface area contributed by atoms with E-state index in [1.165, 1.54) is 7.11 Å². The molecule has 0 bridgehead atoms. The molecule has 2 atom stereocenters. The summed E-state index contributed by atoms with van der Waals surface area (Å²) in [6.45, 7) is 0.339. The third-order valence-electron chi connectivity index (χ3n) is 1.59. The van der Waals surface area contributed by atoms with Crippen LogP contribution in [0.1, 0.15) is 12.8 Å². The molecule has 4 nitrogen and oxygen atoms in total. The minimum absolute atomic E-state index is 0.128. The lowest BCUT2D eigenvalue weighted by Crippen LogP contribution is -2.43. The molecule has 1 rings (SSSR count). The number of rotatable bonds is 1. The number of hydrogen-bond acceptors (Lipinski definition) is 4. The summed E-state index contributed by atoms with van der Waals surface area (Å²) in [4.78, 5) is 0. The topological polar surface area (TPSA) is 58.9 Å². The van der Waals surface area contributed by atoms with E-state index in [0.29, 0.717) is 13.0 Å². The Bertz CT molecular complexity index is 116. The second-order valence-corrected chi connectivity index (χ2v) is 2.41. The minimum atomic E-state index is -1.56. The number of aliphatic hydroxyl groups excluding tert-OH is 1. The molecule has 0 spiro atoms. The van der Waals surface area contributed by atoms with Crippen molar-refractivity contribution in [3.8, 4) is 0 Å². The molecule has 2 unspecified atom stereocenters. The summed E-state index contributed by atoms with van der Waals surface area (Å²) in [7, 11) is 1.35. The summed E-state index contributed by atoms with van der Waals surface area (Å²) < 4.78 is 9.48. The van der Waals surface area contributed by atoms with Gasteiger partial charge < -0.3 is 19.7 Å². The van der Waals surface area contributed by atoms with Gasteiger partial charge in [0.2, 0.25) is 0 Å². The summed E-state index contributed by atoms with van der Waals surface area (Å²) in [5.41, 5.74) is 0. The highest BCUT2D eigenvalue weighted by Gasteiger charge is 2.34. The SMILES string of the molecule is COC1(O)CC(O)CCO1. The highest BCUT2D eigenvalue weighted by molar-refractivity contribution is 4.68. The Balaban J connectivity index is 2.45. The summed E-state index contributed by atoms with van der Waals surface area (Å²) in [6, 6.07) is 0. The molecule has 1 aliphatic rings. The average Bonchev–Trinajstić information content (AvgIpc) is 1.88. The predicted molar refractivity (Wildman–Crippen MR) is 33.2 cm³/mol. The monoisotopic (exact) mass is 148 g/mol. The van der Waals surface area contributed by atoms with Crippen molar-refractivity contribution in [2.75, 3.05) is 13.7 Å². The van der Waals surface area contributed by atoms with Crippen LogP contribution in [0.15, 0.2) is 0 Å². The second-order valence-electron chi connectivity index (χ2n) is 2.41. The normalized spacial score (nSPS) is 41.7. The Kier molecular flexibility index (Phi) is 2.25. The van der Waals surface area contributed by atoms with E-state index in [9.17, 15) is 5.11 Å². The smallest absolute Gasteiger partial charge is 0.282 e. The van der Waals surface area contributed by atoms with E-state index in [1.807, 2.05) is 0 Å². The van der Waals surface area contributed by atoms with Gasteiger partial charge in [-0.1, -0.05) is 0 Å². The van der Waals surface area contributed by atoms with Crippen molar-refractivity contribution in [2.24, 2.45) is 0 Å². The Hall–Kier alpha value is -0.160. The van der Waals surface area contributed by atoms with Crippen LogP contribution in [-0.4, -0.2) is 36.0 Å². The Morgan fingerprint density at radius 1 is 1.70 bits per heavy atom. The first-order valence-corrected chi connectivity index (χ1v) is 3.26. The molecule has 0 amide bonds. The van der Waals surface area contributed by atoms with Gasteiger partial charge in [-0.2, -0.15) is 0 Å². The van der Waals surface area contributed by atoms with Crippen molar-refractivity contribution in [2.45, 2.75) is 24.9 Å². The molecule has 1 aliphatic heterocycles. The molecule has 10 heavy (non-hydrogen) atoms. The van der Waals surface area contributed by atoms with E-state index < -0.39 is 12.1 Å². The van der Waals surface area contributed by atoms with Crippen LogP contribution in [0.3, 0.4) is 0 Å². The lowest BCUT2D eigenvalue weighted by Gasteiger charge is -2.32. The molecule has 0 aromatic heterocycles. The molecule has 1 saturated heterocycles. The first-order chi connectivity index (χ1) is 4.66. The zero-order chi connectivity index (χ0) is 7.61. The maximum atomic E-state index is 9.25. The standard InChI is InChI=1S/C6H12O4/c1-9-6(8)4-5(7)2-3-10-6/h5,7-8H,2-4H2,1H3. The van der Waals surface area contributed by atoms with Crippen LogP contribution < -0.4 is 0 Å². The van der Waals surface area contributed by atoms with Crippen LogP contribution in [0.5, 0.6) is 0 Å². The molecule has 4 heteroatoms. The van der Waals surface area contributed by atoms with Gasteiger partial charge in [0.15, 0.2) is 0 Å². The molecule has 1 fully saturated rings. The molecule has 0 aromatic carbocycles. The van der Waals surface area contributed by atoms with Crippen LogP contribution in [0, 0.1) is 0 Å². The molecule has 0 aromatic rings. The van der Waals surface area contributed by atoms with Gasteiger partial charge in [0.1, 0.15) is 0 Å². The van der Waals surface area contributed by atoms with Crippen molar-refractivity contribution < 1.29 is 19.7 Å². The summed E-state index contributed by atoms with van der Waals surface area (Å²) in [5, 5.41) is 18.3. The third-order valence-corrected chi connectivity index (χ3v) is 1.59. The zero-order valence-electron chi connectivity index (χ0n) is 5.91. The van der Waals surface area contributed by atoms with E-state index in [2.05, 4.69) is 4.74 Å². The summed E-state index contributed by atoms with van der Waals surface area (Å²) in [6.07, 6.45) is 0.175. The summed E-state index contributed by atoms with van der Waals surface area (Å²) >= 11 is 0. The van der Waals surface area contributed by atoms with Crippen LogP contribution in [0.25, 0.3) is 0 Å². The van der Waals surface area contributed by atoms with Crippen LogP contribution in [0.2, 0.25) is 0 Å². The van der Waals surface area contributed by atoms with Gasteiger partial charge >= 0.3 is 0 Å². The summed E-state index contributed by atoms with van der Waals surface area (Å²) in [5.74, 6) is -1.56. The van der Waals surface area contributed by atoms with Gasteiger partial charge in [-0.25, -0.2) is 0 Å². The van der Waals surface area contributed by atoms with Gasteiger partial charge in [-0.15, -0.1) is 0 Å². The third kappa shape index (κ3) is 1.67. The highest BCUT2D eigenvalue weighted by Crippen LogP contribution is 2.22. The van der Waals surface area contributed by atoms with Crippen molar-refractivity contribution in [3.63, 3.8) is 0 Å². The van der Waals surface area contributed by atoms with E-state index in [0.717, 1.165) is 0 Å².